The van der Waals surface area contributed by atoms with Crippen LogP contribution in [-0.4, -0.2) is 21.8 Å². The van der Waals surface area contributed by atoms with Gasteiger partial charge in [0.2, 0.25) is 0 Å². The van der Waals surface area contributed by atoms with Crippen molar-refractivity contribution in [2.75, 3.05) is 7.05 Å². The average molecular weight is 297 g/mol. The summed E-state index contributed by atoms with van der Waals surface area (Å²) in [5.74, 6) is 0.506. The number of likely N-dealkylation sites (N-methyl/N-ethyl adjacent to an activating group) is 1. The summed E-state index contributed by atoms with van der Waals surface area (Å²) < 4.78 is 15.1. The molecule has 0 aliphatic carbocycles. The molecular weight excluding hydrogens is 279 g/mol. The van der Waals surface area contributed by atoms with E-state index in [1.54, 1.807) is 18.5 Å². The normalized spacial score (nSPS) is 12.6. The summed E-state index contributed by atoms with van der Waals surface area (Å²) in [4.78, 5) is 4.29. The van der Waals surface area contributed by atoms with Crippen LogP contribution in [0.3, 0.4) is 0 Å². The summed E-state index contributed by atoms with van der Waals surface area (Å²) in [6.45, 7) is 2.94. The molecule has 1 N–H and O–H groups in total. The van der Waals surface area contributed by atoms with E-state index in [0.29, 0.717) is 6.42 Å². The third-order valence-electron chi connectivity index (χ3n) is 3.21. The van der Waals surface area contributed by atoms with Crippen LogP contribution in [0.15, 0.2) is 24.5 Å². The van der Waals surface area contributed by atoms with Gasteiger partial charge in [0.15, 0.2) is 0 Å². The zero-order chi connectivity index (χ0) is 14.5. The first-order valence-corrected chi connectivity index (χ1v) is 7.02. The number of aromatic nitrogens is 3. The van der Waals surface area contributed by atoms with E-state index in [-0.39, 0.29) is 11.1 Å². The summed E-state index contributed by atoms with van der Waals surface area (Å²) in [6, 6.07) is 4.80. The van der Waals surface area contributed by atoms with Crippen molar-refractivity contribution < 1.29 is 4.39 Å². The fourth-order valence-electron chi connectivity index (χ4n) is 2.14. The Bertz CT molecular complexity index is 570. The third kappa shape index (κ3) is 3.35. The minimum Gasteiger partial charge on any atom is -0.313 e. The van der Waals surface area contributed by atoms with Crippen LogP contribution in [0, 0.1) is 5.82 Å². The van der Waals surface area contributed by atoms with Gasteiger partial charge in [-0.1, -0.05) is 24.6 Å². The van der Waals surface area contributed by atoms with Crippen LogP contribution in [0.25, 0.3) is 0 Å². The van der Waals surface area contributed by atoms with Gasteiger partial charge in [-0.05, 0) is 31.2 Å². The molecule has 4 nitrogen and oxygen atoms in total. The fourth-order valence-corrected chi connectivity index (χ4v) is 2.33. The summed E-state index contributed by atoms with van der Waals surface area (Å²) in [5.41, 5.74) is 0.935. The Balaban J connectivity index is 2.19. The molecule has 1 aromatic carbocycles. The van der Waals surface area contributed by atoms with Crippen LogP contribution < -0.4 is 5.32 Å². The molecule has 0 bridgehead atoms. The Labute approximate surface area is 123 Å². The maximum atomic E-state index is 13.2. The van der Waals surface area contributed by atoms with E-state index in [1.165, 1.54) is 6.07 Å². The van der Waals surface area contributed by atoms with Crippen molar-refractivity contribution >= 4 is 11.6 Å². The van der Waals surface area contributed by atoms with Crippen molar-refractivity contribution in [3.8, 4) is 0 Å². The monoisotopic (exact) mass is 296 g/mol. The van der Waals surface area contributed by atoms with Gasteiger partial charge in [0.25, 0.3) is 0 Å². The largest absolute Gasteiger partial charge is 0.313 e. The van der Waals surface area contributed by atoms with Crippen LogP contribution >= 0.6 is 11.6 Å². The highest BCUT2D eigenvalue weighted by molar-refractivity contribution is 6.30. The fraction of sp³-hybridized carbons (Fsp3) is 0.429. The van der Waals surface area contributed by atoms with Crippen molar-refractivity contribution in [3.05, 3.63) is 46.8 Å². The molecule has 0 aliphatic heterocycles. The molecule has 0 saturated heterocycles. The van der Waals surface area contributed by atoms with E-state index in [0.717, 1.165) is 24.4 Å². The molecule has 6 heteroatoms. The average Bonchev–Trinajstić information content (AvgIpc) is 2.87. The van der Waals surface area contributed by atoms with Gasteiger partial charge in [0, 0.05) is 19.0 Å². The number of hydrogen-bond donors (Lipinski definition) is 1. The summed E-state index contributed by atoms with van der Waals surface area (Å²) in [7, 11) is 1.86. The van der Waals surface area contributed by atoms with Crippen LogP contribution in [0.2, 0.25) is 5.02 Å². The van der Waals surface area contributed by atoms with Crippen LogP contribution in [0.1, 0.15) is 30.8 Å². The van der Waals surface area contributed by atoms with E-state index in [2.05, 4.69) is 22.3 Å². The van der Waals surface area contributed by atoms with Crippen molar-refractivity contribution in [1.82, 2.24) is 20.1 Å². The Morgan fingerprint density at radius 1 is 1.45 bits per heavy atom. The number of nitrogens with zero attached hydrogens (tertiary/aromatic N) is 3. The molecule has 2 aromatic rings. The van der Waals surface area contributed by atoms with Gasteiger partial charge in [0.1, 0.15) is 18.0 Å². The van der Waals surface area contributed by atoms with Gasteiger partial charge in [-0.3, -0.25) is 4.68 Å². The lowest BCUT2D eigenvalue weighted by Gasteiger charge is -2.17. The molecule has 20 heavy (non-hydrogen) atoms. The second-order valence-corrected chi connectivity index (χ2v) is 5.03. The van der Waals surface area contributed by atoms with E-state index >= 15 is 0 Å². The minimum atomic E-state index is -0.403. The summed E-state index contributed by atoms with van der Waals surface area (Å²) in [5, 5.41) is 7.56. The number of benzene rings is 1. The predicted octanol–water partition coefficient (Wildman–Crippen LogP) is 2.98. The summed E-state index contributed by atoms with van der Waals surface area (Å²) >= 11 is 5.84. The number of halogens is 2. The van der Waals surface area contributed by atoms with Gasteiger partial charge in [0.05, 0.1) is 5.02 Å². The molecule has 108 valence electrons. The van der Waals surface area contributed by atoms with Crippen LogP contribution in [-0.2, 0) is 13.0 Å². The van der Waals surface area contributed by atoms with E-state index in [1.807, 2.05) is 11.7 Å². The predicted molar refractivity (Wildman–Crippen MR) is 77.2 cm³/mol. The Hall–Kier alpha value is -1.46. The maximum Gasteiger partial charge on any atom is 0.141 e. The molecule has 0 radical (unpaired) electrons. The van der Waals surface area contributed by atoms with Crippen molar-refractivity contribution in [2.45, 2.75) is 32.4 Å². The van der Waals surface area contributed by atoms with Crippen LogP contribution in [0.5, 0.6) is 0 Å². The summed E-state index contributed by atoms with van der Waals surface area (Å²) in [6.07, 6.45) is 3.25. The molecule has 1 heterocycles. The van der Waals surface area contributed by atoms with E-state index in [9.17, 15) is 4.39 Å². The second-order valence-electron chi connectivity index (χ2n) is 4.62. The lowest BCUT2D eigenvalue weighted by Crippen LogP contribution is -2.21. The number of rotatable bonds is 6. The van der Waals surface area contributed by atoms with Gasteiger partial charge < -0.3 is 5.32 Å². The molecule has 0 aliphatic rings. The van der Waals surface area contributed by atoms with Gasteiger partial charge in [-0.25, -0.2) is 9.37 Å². The highest BCUT2D eigenvalue weighted by Gasteiger charge is 2.15. The van der Waals surface area contributed by atoms with Crippen molar-refractivity contribution in [3.63, 3.8) is 0 Å². The highest BCUT2D eigenvalue weighted by atomic mass is 35.5. The van der Waals surface area contributed by atoms with E-state index in [4.69, 9.17) is 11.6 Å². The molecule has 1 unspecified atom stereocenters. The first-order chi connectivity index (χ1) is 9.65. The van der Waals surface area contributed by atoms with Gasteiger partial charge in [-0.15, -0.1) is 0 Å². The third-order valence-corrected chi connectivity index (χ3v) is 3.50. The Kier molecular flexibility index (Phi) is 5.09. The van der Waals surface area contributed by atoms with Crippen molar-refractivity contribution in [2.24, 2.45) is 0 Å². The number of aryl methyl sites for hydroxylation is 1. The zero-order valence-corrected chi connectivity index (χ0v) is 12.4. The maximum absolute atomic E-state index is 13.2. The lowest BCUT2D eigenvalue weighted by molar-refractivity contribution is 0.516. The second kappa shape index (κ2) is 6.81. The molecule has 0 saturated carbocycles. The molecule has 2 rings (SSSR count). The van der Waals surface area contributed by atoms with Crippen molar-refractivity contribution in [1.29, 1.82) is 0 Å². The Morgan fingerprint density at radius 2 is 2.25 bits per heavy atom. The highest BCUT2D eigenvalue weighted by Crippen LogP contribution is 2.23. The number of nitrogens with one attached hydrogen (secondary N) is 1. The molecular formula is C14H18ClFN4. The first kappa shape index (κ1) is 14.9. The van der Waals surface area contributed by atoms with Gasteiger partial charge in [-0.2, -0.15) is 5.10 Å². The van der Waals surface area contributed by atoms with E-state index < -0.39 is 5.82 Å². The molecule has 1 aromatic heterocycles. The standard InChI is InChI=1S/C14H18ClFN4/c1-3-6-20-14(18-9-19-20)8-13(17-2)10-4-5-12(16)11(15)7-10/h4-5,7,9,13,17H,3,6,8H2,1-2H3. The first-order valence-electron chi connectivity index (χ1n) is 6.64. The van der Waals surface area contributed by atoms with Crippen LogP contribution in [0.4, 0.5) is 4.39 Å². The topological polar surface area (TPSA) is 42.7 Å². The minimum absolute atomic E-state index is 0.0212. The number of hydrogen-bond acceptors (Lipinski definition) is 3. The SMILES string of the molecule is CCCn1ncnc1CC(NC)c1ccc(F)c(Cl)c1. The van der Waals surface area contributed by atoms with Gasteiger partial charge >= 0.3 is 0 Å². The molecule has 1 atom stereocenters. The zero-order valence-electron chi connectivity index (χ0n) is 11.6. The smallest absolute Gasteiger partial charge is 0.141 e. The molecule has 0 amide bonds. The molecule has 0 spiro atoms. The quantitative estimate of drug-likeness (QED) is 0.891. The lowest BCUT2D eigenvalue weighted by atomic mass is 10.0. The molecule has 0 fully saturated rings. The Morgan fingerprint density at radius 3 is 2.90 bits per heavy atom.